The fraction of sp³-hybridized carbons (Fsp3) is 0.588. The Balaban J connectivity index is 0.00000176. The summed E-state index contributed by atoms with van der Waals surface area (Å²) in [4.78, 5) is 2.35. The van der Waals surface area contributed by atoms with E-state index >= 15 is 0 Å². The summed E-state index contributed by atoms with van der Waals surface area (Å²) in [5.41, 5.74) is 0.942. The minimum absolute atomic E-state index is 0. The van der Waals surface area contributed by atoms with E-state index in [1.807, 2.05) is 26.0 Å². The second kappa shape index (κ2) is 6.45. The van der Waals surface area contributed by atoms with Crippen LogP contribution in [0.4, 0.5) is 0 Å². The van der Waals surface area contributed by atoms with E-state index in [1.165, 1.54) is 6.42 Å². The Bertz CT molecular complexity index is 577. The third-order valence-electron chi connectivity index (χ3n) is 4.63. The number of piperidine rings is 1. The van der Waals surface area contributed by atoms with Crippen LogP contribution in [0.1, 0.15) is 50.3 Å². The lowest BCUT2D eigenvalue weighted by atomic mass is 9.84. The zero-order valence-electron chi connectivity index (χ0n) is 13.1. The van der Waals surface area contributed by atoms with Gasteiger partial charge < -0.3 is 9.84 Å². The van der Waals surface area contributed by atoms with Gasteiger partial charge in [0.25, 0.3) is 0 Å². The van der Waals surface area contributed by atoms with E-state index in [9.17, 15) is 5.11 Å². The fourth-order valence-electron chi connectivity index (χ4n) is 3.43. The lowest BCUT2D eigenvalue weighted by Gasteiger charge is -2.47. The highest BCUT2D eigenvalue weighted by atomic mass is 35.5. The molecule has 3 rings (SSSR count). The Morgan fingerprint density at radius 1 is 1.27 bits per heavy atom. The molecule has 1 N–H and O–H groups in total. The number of fused-ring (bicyclic) bond motifs is 1. The molecule has 4 nitrogen and oxygen atoms in total. The van der Waals surface area contributed by atoms with Crippen molar-refractivity contribution in [3.05, 3.63) is 29.3 Å². The van der Waals surface area contributed by atoms with E-state index in [1.54, 1.807) is 6.07 Å². The van der Waals surface area contributed by atoms with Gasteiger partial charge in [0.15, 0.2) is 0 Å². The van der Waals surface area contributed by atoms with Crippen LogP contribution in [0.2, 0.25) is 0 Å². The van der Waals surface area contributed by atoms with E-state index in [-0.39, 0.29) is 18.4 Å². The zero-order valence-corrected chi connectivity index (χ0v) is 13.9. The monoisotopic (exact) mass is 322 g/mol. The summed E-state index contributed by atoms with van der Waals surface area (Å²) in [6.45, 7) is 5.84. The average Bonchev–Trinajstić information content (AvgIpc) is 2.49. The third-order valence-corrected chi connectivity index (χ3v) is 4.63. The highest BCUT2D eigenvalue weighted by Crippen LogP contribution is 2.43. The second-order valence-corrected chi connectivity index (χ2v) is 6.56. The molecule has 0 aliphatic carbocycles. The number of aliphatic hydroxyl groups is 1. The smallest absolute Gasteiger partial charge is 0.131 e. The molecule has 0 unspecified atom stereocenters. The first kappa shape index (κ1) is 17.1. The van der Waals surface area contributed by atoms with Crippen molar-refractivity contribution in [3.8, 4) is 11.8 Å². The summed E-state index contributed by atoms with van der Waals surface area (Å²) in [7, 11) is 0. The minimum Gasteiger partial charge on any atom is -0.485 e. The molecule has 0 saturated carbocycles. The van der Waals surface area contributed by atoms with Crippen molar-refractivity contribution < 1.29 is 9.84 Å². The number of hydrogen-bond donors (Lipinski definition) is 1. The van der Waals surface area contributed by atoms with Crippen LogP contribution in [-0.2, 0) is 0 Å². The first-order valence-corrected chi connectivity index (χ1v) is 7.68. The van der Waals surface area contributed by atoms with Crippen LogP contribution >= 0.6 is 12.4 Å². The summed E-state index contributed by atoms with van der Waals surface area (Å²) in [5, 5.41) is 19.9. The minimum atomic E-state index is -0.622. The summed E-state index contributed by atoms with van der Waals surface area (Å²) in [5.74, 6) is 0.792. The maximum absolute atomic E-state index is 10.8. The van der Waals surface area contributed by atoms with E-state index < -0.39 is 11.7 Å². The van der Waals surface area contributed by atoms with E-state index in [0.717, 1.165) is 37.2 Å². The molecule has 1 aromatic rings. The van der Waals surface area contributed by atoms with Crippen LogP contribution in [0.5, 0.6) is 5.75 Å². The van der Waals surface area contributed by atoms with Gasteiger partial charge in [-0.2, -0.15) is 5.26 Å². The normalized spacial score (nSPS) is 27.0. The molecule has 0 radical (unpaired) electrons. The first-order chi connectivity index (χ1) is 10.0. The number of hydrogen-bond acceptors (Lipinski definition) is 4. The number of benzene rings is 1. The van der Waals surface area contributed by atoms with Crippen LogP contribution in [0.15, 0.2) is 18.2 Å². The Labute approximate surface area is 138 Å². The highest BCUT2D eigenvalue weighted by molar-refractivity contribution is 5.85. The van der Waals surface area contributed by atoms with E-state index in [0.29, 0.717) is 5.56 Å². The van der Waals surface area contributed by atoms with Gasteiger partial charge in [-0.25, -0.2) is 0 Å². The largest absolute Gasteiger partial charge is 0.485 e. The van der Waals surface area contributed by atoms with Gasteiger partial charge in [-0.1, -0.05) is 6.42 Å². The molecule has 0 amide bonds. The van der Waals surface area contributed by atoms with E-state index in [2.05, 4.69) is 11.0 Å². The predicted octanol–water partition coefficient (Wildman–Crippen LogP) is 3.04. The van der Waals surface area contributed by atoms with E-state index in [4.69, 9.17) is 10.00 Å². The molecule has 0 spiro atoms. The average molecular weight is 323 g/mol. The summed E-state index contributed by atoms with van der Waals surface area (Å²) >= 11 is 0. The lowest BCUT2D eigenvalue weighted by Crippen LogP contribution is -2.54. The number of ether oxygens (including phenoxy) is 1. The fourth-order valence-corrected chi connectivity index (χ4v) is 3.43. The van der Waals surface area contributed by atoms with Gasteiger partial charge in [0, 0.05) is 5.56 Å². The summed E-state index contributed by atoms with van der Waals surface area (Å²) in [6, 6.07) is 7.60. The van der Waals surface area contributed by atoms with Crippen LogP contribution in [-0.4, -0.2) is 34.8 Å². The Kier molecular flexibility index (Phi) is 5.01. The van der Waals surface area contributed by atoms with Gasteiger partial charge in [-0.15, -0.1) is 12.4 Å². The Hall–Kier alpha value is -1.28. The number of likely N-dealkylation sites (tertiary alicyclic amines) is 1. The van der Waals surface area contributed by atoms with Crippen LogP contribution in [0.25, 0.3) is 0 Å². The Morgan fingerprint density at radius 2 is 1.95 bits per heavy atom. The predicted molar refractivity (Wildman–Crippen MR) is 87.3 cm³/mol. The van der Waals surface area contributed by atoms with Gasteiger partial charge in [-0.05, 0) is 58.0 Å². The first-order valence-electron chi connectivity index (χ1n) is 7.68. The van der Waals surface area contributed by atoms with Crippen molar-refractivity contribution in [3.63, 3.8) is 0 Å². The molecule has 0 aromatic heterocycles. The van der Waals surface area contributed by atoms with Crippen molar-refractivity contribution in [1.82, 2.24) is 4.90 Å². The molecule has 1 aromatic carbocycles. The molecular formula is C17H23ClN2O2. The van der Waals surface area contributed by atoms with Gasteiger partial charge in [0.05, 0.1) is 17.7 Å². The van der Waals surface area contributed by atoms with Gasteiger partial charge in [-0.3, -0.25) is 4.90 Å². The summed E-state index contributed by atoms with van der Waals surface area (Å²) < 4.78 is 5.97. The maximum Gasteiger partial charge on any atom is 0.131 e. The van der Waals surface area contributed by atoms with Crippen molar-refractivity contribution in [2.45, 2.75) is 50.9 Å². The number of aliphatic hydroxyl groups excluding tert-OH is 1. The standard InChI is InChI=1S/C17H22N2O2.ClH/c1-17(2)16(20)15(19-8-4-3-5-9-19)13-10-12(11-18)6-7-14(13)21-17;/h6-7,10,15-16,20H,3-5,8-9H2,1-2H3;1H/t15-,16+;/m1./s1. The van der Waals surface area contributed by atoms with Gasteiger partial charge in [0.2, 0.25) is 0 Å². The number of rotatable bonds is 1. The summed E-state index contributed by atoms with van der Waals surface area (Å²) in [6.07, 6.45) is 2.98. The van der Waals surface area contributed by atoms with Gasteiger partial charge >= 0.3 is 0 Å². The van der Waals surface area contributed by atoms with Crippen LogP contribution < -0.4 is 4.74 Å². The van der Waals surface area contributed by atoms with Crippen LogP contribution in [0.3, 0.4) is 0 Å². The number of halogens is 1. The Morgan fingerprint density at radius 3 is 2.59 bits per heavy atom. The topological polar surface area (TPSA) is 56.5 Å². The molecular weight excluding hydrogens is 300 g/mol. The highest BCUT2D eigenvalue weighted by Gasteiger charge is 2.45. The van der Waals surface area contributed by atoms with Crippen LogP contribution in [0, 0.1) is 11.3 Å². The van der Waals surface area contributed by atoms with Gasteiger partial charge in [0.1, 0.15) is 17.5 Å². The molecule has 2 aliphatic rings. The second-order valence-electron chi connectivity index (χ2n) is 6.56. The maximum atomic E-state index is 10.8. The SMILES string of the molecule is CC1(C)Oc2ccc(C#N)cc2[C@@H](N2CCCCC2)[C@@H]1O.Cl. The van der Waals surface area contributed by atoms with Crippen molar-refractivity contribution in [2.24, 2.45) is 0 Å². The zero-order chi connectivity index (χ0) is 15.0. The molecule has 2 atom stereocenters. The molecule has 0 bridgehead atoms. The molecule has 1 saturated heterocycles. The van der Waals surface area contributed by atoms with Crippen molar-refractivity contribution in [2.75, 3.05) is 13.1 Å². The molecule has 1 fully saturated rings. The number of nitriles is 1. The molecule has 2 aliphatic heterocycles. The molecule has 2 heterocycles. The third kappa shape index (κ3) is 2.94. The lowest BCUT2D eigenvalue weighted by molar-refractivity contribution is -0.0961. The number of nitrogens with zero attached hydrogens (tertiary/aromatic N) is 2. The van der Waals surface area contributed by atoms with Crippen molar-refractivity contribution in [1.29, 1.82) is 5.26 Å². The van der Waals surface area contributed by atoms with Crippen molar-refractivity contribution >= 4 is 12.4 Å². The quantitative estimate of drug-likeness (QED) is 0.863. The molecule has 120 valence electrons. The molecule has 5 heteroatoms. The molecule has 22 heavy (non-hydrogen) atoms.